The van der Waals surface area contributed by atoms with Gasteiger partial charge in [0.05, 0.1) is 11.6 Å². The molecule has 2 rings (SSSR count). The second kappa shape index (κ2) is 9.46. The first-order valence-corrected chi connectivity index (χ1v) is 8.64. The van der Waals surface area contributed by atoms with Crippen molar-refractivity contribution in [2.45, 2.75) is 20.2 Å². The number of carbonyl (C=O) groups excluding carboxylic acids is 2. The fourth-order valence-electron chi connectivity index (χ4n) is 2.27. The van der Waals surface area contributed by atoms with E-state index < -0.39 is 18.0 Å². The molecule has 0 fully saturated rings. The Bertz CT molecular complexity index is 906. The predicted octanol–water partition coefficient (Wildman–Crippen LogP) is 3.71. The molecule has 1 heterocycles. The van der Waals surface area contributed by atoms with Gasteiger partial charge >= 0.3 is 6.36 Å². The maximum atomic E-state index is 12.2. The standard InChI is InChI=1S/C18H17ClF3N3O4/c1-10-7-12(8-16(24-10)25-11(2)26)17(27)23-5-6-28-15-4-3-13(9-14(15)19)29-18(20,21)22/h3-4,7-9H,5-6H2,1-2H3,(H,23,27)(H,24,25,26). The normalized spacial score (nSPS) is 11.0. The largest absolute Gasteiger partial charge is 0.573 e. The minimum atomic E-state index is -4.82. The zero-order valence-electron chi connectivity index (χ0n) is 15.4. The molecule has 7 nitrogen and oxygen atoms in total. The van der Waals surface area contributed by atoms with Crippen LogP contribution in [0, 0.1) is 6.92 Å². The third-order valence-corrected chi connectivity index (χ3v) is 3.60. The summed E-state index contributed by atoms with van der Waals surface area (Å²) in [6.07, 6.45) is -4.82. The van der Waals surface area contributed by atoms with Gasteiger partial charge in [0.15, 0.2) is 0 Å². The van der Waals surface area contributed by atoms with Gasteiger partial charge in [-0.2, -0.15) is 0 Å². The van der Waals surface area contributed by atoms with Gasteiger partial charge < -0.3 is 20.1 Å². The fraction of sp³-hybridized carbons (Fsp3) is 0.278. The topological polar surface area (TPSA) is 89.6 Å². The Labute approximate surface area is 169 Å². The number of carbonyl (C=O) groups is 2. The summed E-state index contributed by atoms with van der Waals surface area (Å²) in [5, 5.41) is 5.06. The van der Waals surface area contributed by atoms with Crippen LogP contribution in [0.5, 0.6) is 11.5 Å². The van der Waals surface area contributed by atoms with Gasteiger partial charge in [-0.1, -0.05) is 11.6 Å². The number of alkyl halides is 3. The second-order valence-corrected chi connectivity index (χ2v) is 6.22. The van der Waals surface area contributed by atoms with Crippen molar-refractivity contribution in [1.29, 1.82) is 0 Å². The molecule has 0 bridgehead atoms. The zero-order chi connectivity index (χ0) is 21.6. The van der Waals surface area contributed by atoms with Crippen LogP contribution in [0.4, 0.5) is 19.0 Å². The number of ether oxygens (including phenoxy) is 2. The molecule has 2 amide bonds. The van der Waals surface area contributed by atoms with Crippen molar-refractivity contribution in [3.8, 4) is 11.5 Å². The highest BCUT2D eigenvalue weighted by molar-refractivity contribution is 6.32. The molecule has 0 aliphatic rings. The summed E-state index contributed by atoms with van der Waals surface area (Å²) in [6.45, 7) is 3.13. The third-order valence-electron chi connectivity index (χ3n) is 3.30. The number of anilines is 1. The lowest BCUT2D eigenvalue weighted by Crippen LogP contribution is -2.28. The van der Waals surface area contributed by atoms with E-state index in [1.807, 2.05) is 0 Å². The lowest BCUT2D eigenvalue weighted by molar-refractivity contribution is -0.274. The van der Waals surface area contributed by atoms with Gasteiger partial charge in [0.2, 0.25) is 5.91 Å². The van der Waals surface area contributed by atoms with Crippen molar-refractivity contribution < 1.29 is 32.2 Å². The molecule has 2 aromatic rings. The van der Waals surface area contributed by atoms with Gasteiger partial charge in [0.25, 0.3) is 5.91 Å². The Morgan fingerprint density at radius 2 is 1.93 bits per heavy atom. The lowest BCUT2D eigenvalue weighted by atomic mass is 10.2. The minimum Gasteiger partial charge on any atom is -0.490 e. The summed E-state index contributed by atoms with van der Waals surface area (Å²) in [5.74, 6) is -0.793. The van der Waals surface area contributed by atoms with E-state index in [1.165, 1.54) is 19.1 Å². The zero-order valence-corrected chi connectivity index (χ0v) is 16.1. The molecule has 1 aromatic carbocycles. The highest BCUT2D eigenvalue weighted by atomic mass is 35.5. The first-order valence-electron chi connectivity index (χ1n) is 8.26. The summed E-state index contributed by atoms with van der Waals surface area (Å²) < 4.78 is 45.7. The van der Waals surface area contributed by atoms with Crippen LogP contribution in [0.3, 0.4) is 0 Å². The second-order valence-electron chi connectivity index (χ2n) is 5.81. The van der Waals surface area contributed by atoms with Gasteiger partial charge in [-0.15, -0.1) is 13.2 Å². The minimum absolute atomic E-state index is 0.0214. The number of halogens is 4. The highest BCUT2D eigenvalue weighted by Crippen LogP contribution is 2.31. The summed E-state index contributed by atoms with van der Waals surface area (Å²) in [7, 11) is 0. The molecule has 1 aromatic heterocycles. The van der Waals surface area contributed by atoms with Gasteiger partial charge in [-0.05, 0) is 31.2 Å². The van der Waals surface area contributed by atoms with Crippen LogP contribution >= 0.6 is 11.6 Å². The van der Waals surface area contributed by atoms with Crippen molar-refractivity contribution >= 4 is 29.2 Å². The van der Waals surface area contributed by atoms with Crippen molar-refractivity contribution in [2.75, 3.05) is 18.5 Å². The molecule has 0 radical (unpaired) electrons. The van der Waals surface area contributed by atoms with Gasteiger partial charge in [-0.25, -0.2) is 4.98 Å². The number of pyridine rings is 1. The van der Waals surface area contributed by atoms with E-state index in [0.29, 0.717) is 11.3 Å². The SMILES string of the molecule is CC(=O)Nc1cc(C(=O)NCCOc2ccc(OC(F)(F)F)cc2Cl)cc(C)n1. The maximum Gasteiger partial charge on any atom is 0.573 e. The van der Waals surface area contributed by atoms with Crippen LogP contribution in [0.1, 0.15) is 23.0 Å². The Morgan fingerprint density at radius 3 is 2.55 bits per heavy atom. The number of aryl methyl sites for hydroxylation is 1. The van der Waals surface area contributed by atoms with E-state index >= 15 is 0 Å². The lowest BCUT2D eigenvalue weighted by Gasteiger charge is -2.12. The maximum absolute atomic E-state index is 12.2. The number of benzene rings is 1. The Kier molecular flexibility index (Phi) is 7.27. The van der Waals surface area contributed by atoms with Crippen molar-refractivity contribution in [1.82, 2.24) is 10.3 Å². The molecule has 156 valence electrons. The van der Waals surface area contributed by atoms with Crippen LogP contribution in [0.25, 0.3) is 0 Å². The molecular weight excluding hydrogens is 415 g/mol. The van der Waals surface area contributed by atoms with Crippen LogP contribution in [0.15, 0.2) is 30.3 Å². The molecular formula is C18H17ClF3N3O4. The number of amides is 2. The average molecular weight is 432 g/mol. The molecule has 0 aliphatic carbocycles. The molecule has 0 unspecified atom stereocenters. The van der Waals surface area contributed by atoms with E-state index in [2.05, 4.69) is 20.4 Å². The number of rotatable bonds is 7. The number of nitrogens with zero attached hydrogens (tertiary/aromatic N) is 1. The quantitative estimate of drug-likeness (QED) is 0.652. The highest BCUT2D eigenvalue weighted by Gasteiger charge is 2.31. The molecule has 0 atom stereocenters. The van der Waals surface area contributed by atoms with E-state index in [1.54, 1.807) is 13.0 Å². The van der Waals surface area contributed by atoms with Gasteiger partial charge in [0, 0.05) is 24.2 Å². The van der Waals surface area contributed by atoms with Crippen LogP contribution in [0.2, 0.25) is 5.02 Å². The predicted molar refractivity (Wildman–Crippen MR) is 99.2 cm³/mol. The Balaban J connectivity index is 1.88. The average Bonchev–Trinajstić information content (AvgIpc) is 2.57. The number of hydrogen-bond acceptors (Lipinski definition) is 5. The number of nitrogens with one attached hydrogen (secondary N) is 2. The molecule has 11 heteroatoms. The molecule has 29 heavy (non-hydrogen) atoms. The van der Waals surface area contributed by atoms with E-state index in [0.717, 1.165) is 12.1 Å². The van der Waals surface area contributed by atoms with Crippen LogP contribution in [-0.2, 0) is 4.79 Å². The molecule has 0 saturated heterocycles. The molecule has 0 spiro atoms. The summed E-state index contributed by atoms with van der Waals surface area (Å²) in [6, 6.07) is 6.26. The Morgan fingerprint density at radius 1 is 1.21 bits per heavy atom. The van der Waals surface area contributed by atoms with Gasteiger partial charge in [0.1, 0.15) is 23.9 Å². The molecule has 0 saturated carbocycles. The Hall–Kier alpha value is -3.01. The summed E-state index contributed by atoms with van der Waals surface area (Å²) >= 11 is 5.87. The van der Waals surface area contributed by atoms with Crippen molar-refractivity contribution in [3.05, 3.63) is 46.6 Å². The number of hydrogen-bond donors (Lipinski definition) is 2. The number of aromatic nitrogens is 1. The first-order chi connectivity index (χ1) is 13.5. The molecule has 2 N–H and O–H groups in total. The van der Waals surface area contributed by atoms with E-state index in [-0.39, 0.29) is 35.6 Å². The first kappa shape index (κ1) is 22.3. The van der Waals surface area contributed by atoms with Crippen molar-refractivity contribution in [2.24, 2.45) is 0 Å². The summed E-state index contributed by atoms with van der Waals surface area (Å²) in [4.78, 5) is 27.5. The van der Waals surface area contributed by atoms with Crippen LogP contribution < -0.4 is 20.1 Å². The molecule has 0 aliphatic heterocycles. The smallest absolute Gasteiger partial charge is 0.490 e. The monoisotopic (exact) mass is 431 g/mol. The summed E-state index contributed by atoms with van der Waals surface area (Å²) in [5.41, 5.74) is 0.846. The fourth-order valence-corrected chi connectivity index (χ4v) is 2.49. The van der Waals surface area contributed by atoms with Crippen LogP contribution in [-0.4, -0.2) is 36.3 Å². The third kappa shape index (κ3) is 7.49. The van der Waals surface area contributed by atoms with Gasteiger partial charge in [-0.3, -0.25) is 9.59 Å². The van der Waals surface area contributed by atoms with E-state index in [4.69, 9.17) is 16.3 Å². The van der Waals surface area contributed by atoms with Crippen molar-refractivity contribution in [3.63, 3.8) is 0 Å². The van der Waals surface area contributed by atoms with E-state index in [9.17, 15) is 22.8 Å².